The molecule has 7 nitrogen and oxygen atoms in total. The quantitative estimate of drug-likeness (QED) is 0.844. The molecule has 0 atom stereocenters. The van der Waals surface area contributed by atoms with Gasteiger partial charge in [0.2, 0.25) is 5.88 Å². The van der Waals surface area contributed by atoms with E-state index in [0.29, 0.717) is 24.1 Å². The molecule has 1 amide bonds. The van der Waals surface area contributed by atoms with Crippen LogP contribution in [-0.4, -0.2) is 77.4 Å². The molecule has 0 bridgehead atoms. The van der Waals surface area contributed by atoms with Crippen LogP contribution in [-0.2, 0) is 6.54 Å². The zero-order valence-electron chi connectivity index (χ0n) is 16.2. The van der Waals surface area contributed by atoms with Crippen LogP contribution in [0.25, 0.3) is 0 Å². The number of hydrogen-bond donors (Lipinski definition) is 1. The van der Waals surface area contributed by atoms with E-state index in [0.717, 1.165) is 52.0 Å². The molecule has 2 fully saturated rings. The summed E-state index contributed by atoms with van der Waals surface area (Å²) in [4.78, 5) is 17.8. The van der Waals surface area contributed by atoms with Gasteiger partial charge in [-0.3, -0.25) is 9.69 Å². The minimum absolute atomic E-state index is 0.0670. The third kappa shape index (κ3) is 3.82. The number of amides is 1. The second-order valence-electron chi connectivity index (χ2n) is 8.15. The number of carbonyl (C=O) groups is 1. The average Bonchev–Trinajstić information content (AvgIpc) is 3.04. The lowest BCUT2D eigenvalue weighted by Gasteiger charge is -2.49. The lowest BCUT2D eigenvalue weighted by Crippen LogP contribution is -2.61. The van der Waals surface area contributed by atoms with Gasteiger partial charge in [-0.2, -0.15) is 5.10 Å². The molecule has 3 aliphatic rings. The first-order chi connectivity index (χ1) is 13.1. The van der Waals surface area contributed by atoms with Crippen molar-refractivity contribution < 1.29 is 9.53 Å². The highest BCUT2D eigenvalue weighted by molar-refractivity contribution is 6.34. The predicted octanol–water partition coefficient (Wildman–Crippen LogP) is 2.00. The van der Waals surface area contributed by atoms with Gasteiger partial charge in [0.15, 0.2) is 5.69 Å². The van der Waals surface area contributed by atoms with Crippen LogP contribution in [0.5, 0.6) is 5.88 Å². The van der Waals surface area contributed by atoms with Gasteiger partial charge in [0.1, 0.15) is 5.02 Å². The predicted molar refractivity (Wildman–Crippen MR) is 105 cm³/mol. The fourth-order valence-electron chi connectivity index (χ4n) is 4.67. The molecular weight excluding hydrogens is 366 g/mol. The summed E-state index contributed by atoms with van der Waals surface area (Å²) in [6.45, 7) is 6.35. The molecule has 8 heteroatoms. The Morgan fingerprint density at radius 3 is 2.59 bits per heavy atom. The first-order valence-corrected chi connectivity index (χ1v) is 10.6. The molecule has 1 aromatic rings. The molecule has 0 spiro atoms. The number of aromatic nitrogens is 2. The van der Waals surface area contributed by atoms with Crippen LogP contribution < -0.4 is 10.1 Å². The fraction of sp³-hybridized carbons (Fsp3) is 0.789. The average molecular weight is 396 g/mol. The molecule has 1 N–H and O–H groups in total. The Morgan fingerprint density at radius 2 is 1.89 bits per heavy atom. The molecule has 2 aliphatic heterocycles. The van der Waals surface area contributed by atoms with Gasteiger partial charge in [-0.15, -0.1) is 0 Å². The number of ether oxygens (including phenoxy) is 1. The Kier molecular flexibility index (Phi) is 5.62. The number of likely N-dealkylation sites (N-methyl/N-ethyl adjacent to an activating group) is 1. The smallest absolute Gasteiger partial charge is 0.273 e. The maximum absolute atomic E-state index is 12.8. The summed E-state index contributed by atoms with van der Waals surface area (Å²) < 4.78 is 7.29. The molecule has 27 heavy (non-hydrogen) atoms. The van der Waals surface area contributed by atoms with Crippen molar-refractivity contribution in [2.75, 3.05) is 46.4 Å². The number of halogens is 1. The van der Waals surface area contributed by atoms with Gasteiger partial charge in [-0.1, -0.05) is 30.9 Å². The SMILES string of the molecule is CN1CCN(C2(CNC(=O)c3nn4c(c3Cl)OCCC4)CCCCC2)CC1. The fourth-order valence-corrected chi connectivity index (χ4v) is 4.94. The standard InChI is InChI=1S/C19H30ClN5O2/c1-23-9-11-24(12-10-23)19(6-3-2-4-7-19)14-21-17(26)16-15(20)18-25(22-16)8-5-13-27-18/h2-14H2,1H3,(H,21,26). The van der Waals surface area contributed by atoms with Gasteiger partial charge in [0, 0.05) is 51.2 Å². The summed E-state index contributed by atoms with van der Waals surface area (Å²) in [5.74, 6) is 0.337. The zero-order valence-corrected chi connectivity index (χ0v) is 16.9. The maximum atomic E-state index is 12.8. The van der Waals surface area contributed by atoms with Crippen LogP contribution in [0.1, 0.15) is 49.0 Å². The summed E-state index contributed by atoms with van der Waals surface area (Å²) in [5, 5.41) is 7.88. The van der Waals surface area contributed by atoms with Crippen molar-refractivity contribution in [2.24, 2.45) is 0 Å². The lowest BCUT2D eigenvalue weighted by atomic mass is 9.79. The molecule has 4 rings (SSSR count). The minimum Gasteiger partial charge on any atom is -0.477 e. The molecule has 3 heterocycles. The molecule has 150 valence electrons. The first-order valence-electron chi connectivity index (χ1n) is 10.2. The highest BCUT2D eigenvalue weighted by Gasteiger charge is 2.39. The Hall–Kier alpha value is -1.31. The van der Waals surface area contributed by atoms with Crippen molar-refractivity contribution in [3.05, 3.63) is 10.7 Å². The van der Waals surface area contributed by atoms with Crippen LogP contribution in [0.15, 0.2) is 0 Å². The molecule has 0 radical (unpaired) electrons. The second kappa shape index (κ2) is 7.97. The van der Waals surface area contributed by atoms with Crippen LogP contribution in [0.3, 0.4) is 0 Å². The van der Waals surface area contributed by atoms with E-state index in [4.69, 9.17) is 16.3 Å². The molecule has 0 aromatic carbocycles. The van der Waals surface area contributed by atoms with E-state index in [-0.39, 0.29) is 17.1 Å². The maximum Gasteiger partial charge on any atom is 0.273 e. The highest BCUT2D eigenvalue weighted by Crippen LogP contribution is 2.35. The number of carbonyl (C=O) groups excluding carboxylic acids is 1. The Morgan fingerprint density at radius 1 is 1.15 bits per heavy atom. The molecular formula is C19H30ClN5O2. The topological polar surface area (TPSA) is 62.6 Å². The van der Waals surface area contributed by atoms with Crippen molar-refractivity contribution in [3.8, 4) is 5.88 Å². The summed E-state index contributed by atoms with van der Waals surface area (Å²) in [6.07, 6.45) is 6.94. The number of rotatable bonds is 4. The van der Waals surface area contributed by atoms with Gasteiger partial charge in [-0.05, 0) is 19.9 Å². The molecule has 1 aromatic heterocycles. The van der Waals surface area contributed by atoms with Crippen molar-refractivity contribution in [2.45, 2.75) is 50.6 Å². The second-order valence-corrected chi connectivity index (χ2v) is 8.53. The van der Waals surface area contributed by atoms with Crippen molar-refractivity contribution >= 4 is 17.5 Å². The summed E-state index contributed by atoms with van der Waals surface area (Å²) in [7, 11) is 2.18. The van der Waals surface area contributed by atoms with Gasteiger partial charge >= 0.3 is 0 Å². The van der Waals surface area contributed by atoms with Gasteiger partial charge < -0.3 is 15.0 Å². The van der Waals surface area contributed by atoms with Crippen LogP contribution in [0.4, 0.5) is 0 Å². The molecule has 0 unspecified atom stereocenters. The minimum atomic E-state index is -0.190. The molecule has 1 saturated heterocycles. The van der Waals surface area contributed by atoms with Crippen molar-refractivity contribution in [1.82, 2.24) is 24.9 Å². The number of aryl methyl sites for hydroxylation is 1. The van der Waals surface area contributed by atoms with Gasteiger partial charge in [0.05, 0.1) is 6.61 Å². The van der Waals surface area contributed by atoms with Crippen molar-refractivity contribution in [1.29, 1.82) is 0 Å². The Labute approximate surface area is 166 Å². The van der Waals surface area contributed by atoms with Gasteiger partial charge in [0.25, 0.3) is 5.91 Å². The van der Waals surface area contributed by atoms with Gasteiger partial charge in [-0.25, -0.2) is 4.68 Å². The first kappa shape index (κ1) is 19.0. The van der Waals surface area contributed by atoms with E-state index in [9.17, 15) is 4.79 Å². The van der Waals surface area contributed by atoms with Crippen LogP contribution >= 0.6 is 11.6 Å². The van der Waals surface area contributed by atoms with E-state index in [1.54, 1.807) is 4.68 Å². The highest BCUT2D eigenvalue weighted by atomic mass is 35.5. The third-order valence-corrected chi connectivity index (χ3v) is 6.70. The number of nitrogens with one attached hydrogen (secondary N) is 1. The Balaban J connectivity index is 1.46. The van der Waals surface area contributed by atoms with E-state index >= 15 is 0 Å². The number of piperazine rings is 1. The Bertz CT molecular complexity index is 678. The number of nitrogens with zero attached hydrogens (tertiary/aromatic N) is 4. The number of fused-ring (bicyclic) bond motifs is 1. The van der Waals surface area contributed by atoms with E-state index < -0.39 is 0 Å². The normalized spacial score (nSPS) is 23.5. The summed E-state index contributed by atoms with van der Waals surface area (Å²) >= 11 is 6.37. The molecule has 1 aliphatic carbocycles. The summed E-state index contributed by atoms with van der Waals surface area (Å²) in [6, 6.07) is 0. The van der Waals surface area contributed by atoms with E-state index in [1.165, 1.54) is 19.3 Å². The lowest BCUT2D eigenvalue weighted by molar-refractivity contribution is 0.0138. The summed E-state index contributed by atoms with van der Waals surface area (Å²) in [5.41, 5.74) is 0.357. The van der Waals surface area contributed by atoms with E-state index in [2.05, 4.69) is 27.3 Å². The van der Waals surface area contributed by atoms with E-state index in [1.807, 2.05) is 0 Å². The number of hydrogen-bond acceptors (Lipinski definition) is 5. The van der Waals surface area contributed by atoms with Crippen LogP contribution in [0, 0.1) is 0 Å². The third-order valence-electron chi connectivity index (χ3n) is 6.36. The zero-order chi connectivity index (χ0) is 18.9. The monoisotopic (exact) mass is 395 g/mol. The largest absolute Gasteiger partial charge is 0.477 e. The molecule has 1 saturated carbocycles. The van der Waals surface area contributed by atoms with Crippen LogP contribution in [0.2, 0.25) is 5.02 Å². The van der Waals surface area contributed by atoms with Crippen molar-refractivity contribution in [3.63, 3.8) is 0 Å².